The molecule has 0 atom stereocenters. The van der Waals surface area contributed by atoms with Gasteiger partial charge in [-0.3, -0.25) is 0 Å². The van der Waals surface area contributed by atoms with Crippen LogP contribution in [0.15, 0.2) is 4.99 Å². The van der Waals surface area contributed by atoms with Gasteiger partial charge < -0.3 is 14.6 Å². The highest BCUT2D eigenvalue weighted by atomic mass is 16.3. The molecule has 0 aromatic rings. The van der Waals surface area contributed by atoms with Crippen LogP contribution in [-0.2, 0) is 0 Å². The van der Waals surface area contributed by atoms with E-state index in [9.17, 15) is 5.11 Å². The molecule has 0 fully saturated rings. The van der Waals surface area contributed by atoms with Crippen LogP contribution in [0.1, 0.15) is 77.6 Å². The van der Waals surface area contributed by atoms with Crippen molar-refractivity contribution < 1.29 is 9.59 Å². The molecule has 0 aliphatic carbocycles. The van der Waals surface area contributed by atoms with Gasteiger partial charge in [-0.15, -0.1) is 0 Å². The Morgan fingerprint density at radius 3 is 1.86 bits per heavy atom. The van der Waals surface area contributed by atoms with Crippen LogP contribution in [0.25, 0.3) is 0 Å². The first-order valence-corrected chi connectivity index (χ1v) is 8.96. The zero-order valence-electron chi connectivity index (χ0n) is 15.0. The fourth-order valence-electron chi connectivity index (χ4n) is 2.41. The normalized spacial score (nSPS) is 12.9. The van der Waals surface area contributed by atoms with Crippen molar-refractivity contribution in [1.82, 2.24) is 0 Å². The Morgan fingerprint density at radius 1 is 0.810 bits per heavy atom. The Hall–Kier alpha value is -0.570. The standard InChI is InChI=1S/C18H38N2O/c1-5-6-7-8-9-10-11-12-13-15-18(21)19-16-14-17-20(2,3)4/h5-17H2,1-4H3. The van der Waals surface area contributed by atoms with Gasteiger partial charge in [0.1, 0.15) is 0 Å². The number of aliphatic imine (C=N–C) groups is 1. The Balaban J connectivity index is 3.34. The maximum atomic E-state index is 11.6. The quantitative estimate of drug-likeness (QED) is 0.208. The molecule has 0 aliphatic heterocycles. The molecule has 0 unspecified atom stereocenters. The van der Waals surface area contributed by atoms with Crippen molar-refractivity contribution in [2.45, 2.75) is 77.6 Å². The Kier molecular flexibility index (Phi) is 12.8. The van der Waals surface area contributed by atoms with Crippen LogP contribution in [0.4, 0.5) is 0 Å². The molecule has 21 heavy (non-hydrogen) atoms. The van der Waals surface area contributed by atoms with Gasteiger partial charge in [-0.1, -0.05) is 58.3 Å². The van der Waals surface area contributed by atoms with E-state index in [1.165, 1.54) is 51.4 Å². The molecule has 3 heteroatoms. The SMILES string of the molecule is CCCCCCCCCCCC([O-])=NCCC[N+](C)(C)C. The molecular formula is C18H38N2O. The summed E-state index contributed by atoms with van der Waals surface area (Å²) in [6, 6.07) is 0. The van der Waals surface area contributed by atoms with Crippen LogP contribution < -0.4 is 5.11 Å². The summed E-state index contributed by atoms with van der Waals surface area (Å²) in [6.45, 7) is 4.03. The second-order valence-electron chi connectivity index (χ2n) is 7.22. The van der Waals surface area contributed by atoms with Gasteiger partial charge in [-0.2, -0.15) is 0 Å². The van der Waals surface area contributed by atoms with Crippen molar-refractivity contribution in [1.29, 1.82) is 0 Å². The molecule has 0 spiro atoms. The van der Waals surface area contributed by atoms with Crippen LogP contribution in [0.5, 0.6) is 0 Å². The molecule has 0 heterocycles. The number of nitrogens with zero attached hydrogens (tertiary/aromatic N) is 2. The number of unbranched alkanes of at least 4 members (excludes halogenated alkanes) is 8. The highest BCUT2D eigenvalue weighted by Crippen LogP contribution is 2.10. The van der Waals surface area contributed by atoms with E-state index in [0.717, 1.165) is 23.9 Å². The molecule has 0 saturated carbocycles. The first kappa shape index (κ1) is 20.4. The topological polar surface area (TPSA) is 35.4 Å². The van der Waals surface area contributed by atoms with E-state index >= 15 is 0 Å². The maximum Gasteiger partial charge on any atom is 0.0798 e. The third-order valence-corrected chi connectivity index (χ3v) is 3.77. The fourth-order valence-corrected chi connectivity index (χ4v) is 2.41. The van der Waals surface area contributed by atoms with Crippen LogP contribution >= 0.6 is 0 Å². The van der Waals surface area contributed by atoms with E-state index in [-0.39, 0.29) is 5.90 Å². The van der Waals surface area contributed by atoms with Gasteiger partial charge in [0.25, 0.3) is 0 Å². The lowest BCUT2D eigenvalue weighted by atomic mass is 10.1. The molecule has 0 bridgehead atoms. The summed E-state index contributed by atoms with van der Waals surface area (Å²) in [4.78, 5) is 4.15. The highest BCUT2D eigenvalue weighted by Gasteiger charge is 2.04. The van der Waals surface area contributed by atoms with Crippen LogP contribution in [0.2, 0.25) is 0 Å². The van der Waals surface area contributed by atoms with Crippen LogP contribution in [0, 0.1) is 0 Å². The number of quaternary nitrogens is 1. The third kappa shape index (κ3) is 17.4. The van der Waals surface area contributed by atoms with Gasteiger partial charge >= 0.3 is 0 Å². The first-order chi connectivity index (χ1) is 9.95. The lowest BCUT2D eigenvalue weighted by Gasteiger charge is -2.23. The molecule has 3 nitrogen and oxygen atoms in total. The van der Waals surface area contributed by atoms with E-state index in [2.05, 4.69) is 33.1 Å². The molecule has 0 rings (SSSR count). The first-order valence-electron chi connectivity index (χ1n) is 8.96. The molecule has 0 aliphatic rings. The monoisotopic (exact) mass is 298 g/mol. The molecule has 0 N–H and O–H groups in total. The van der Waals surface area contributed by atoms with Gasteiger partial charge in [-0.25, -0.2) is 0 Å². The minimum atomic E-state index is 0.111. The smallest absolute Gasteiger partial charge is 0.0798 e. The highest BCUT2D eigenvalue weighted by molar-refractivity contribution is 5.71. The van der Waals surface area contributed by atoms with Gasteiger partial charge in [-0.05, 0) is 18.7 Å². The average Bonchev–Trinajstić information content (AvgIpc) is 2.41. The van der Waals surface area contributed by atoms with Gasteiger partial charge in [0.2, 0.25) is 0 Å². The minimum absolute atomic E-state index is 0.111. The largest absolute Gasteiger partial charge is 0.862 e. The summed E-state index contributed by atoms with van der Waals surface area (Å²) in [5.74, 6) is 0.111. The van der Waals surface area contributed by atoms with E-state index in [1.807, 2.05) is 0 Å². The summed E-state index contributed by atoms with van der Waals surface area (Å²) in [5.41, 5.74) is 0. The molecule has 0 aromatic heterocycles. The molecule has 0 amide bonds. The van der Waals surface area contributed by atoms with Crippen LogP contribution in [0.3, 0.4) is 0 Å². The van der Waals surface area contributed by atoms with E-state index in [4.69, 9.17) is 0 Å². The fraction of sp³-hybridized carbons (Fsp3) is 0.944. The number of rotatable bonds is 14. The average molecular weight is 299 g/mol. The summed E-state index contributed by atoms with van der Waals surface area (Å²) in [5, 5.41) is 11.6. The molecule has 126 valence electrons. The Labute approximate surface area is 133 Å². The lowest BCUT2D eigenvalue weighted by molar-refractivity contribution is -0.870. The van der Waals surface area contributed by atoms with Crippen molar-refractivity contribution in [2.75, 3.05) is 34.2 Å². The predicted molar refractivity (Wildman–Crippen MR) is 91.7 cm³/mol. The lowest BCUT2D eigenvalue weighted by Crippen LogP contribution is -2.35. The molecule has 0 radical (unpaired) electrons. The Morgan fingerprint density at radius 2 is 1.33 bits per heavy atom. The number of hydrogen-bond donors (Lipinski definition) is 0. The van der Waals surface area contributed by atoms with Crippen molar-refractivity contribution in [2.24, 2.45) is 4.99 Å². The number of hydrogen-bond acceptors (Lipinski definition) is 2. The van der Waals surface area contributed by atoms with Crippen molar-refractivity contribution in [3.63, 3.8) is 0 Å². The van der Waals surface area contributed by atoms with Gasteiger partial charge in [0.05, 0.1) is 27.7 Å². The van der Waals surface area contributed by atoms with Gasteiger partial charge in [0, 0.05) is 13.0 Å². The van der Waals surface area contributed by atoms with E-state index < -0.39 is 0 Å². The summed E-state index contributed by atoms with van der Waals surface area (Å²) in [6.07, 6.45) is 13.3. The van der Waals surface area contributed by atoms with Gasteiger partial charge in [0.15, 0.2) is 0 Å². The minimum Gasteiger partial charge on any atom is -0.862 e. The summed E-state index contributed by atoms with van der Waals surface area (Å²) >= 11 is 0. The van der Waals surface area contributed by atoms with E-state index in [1.54, 1.807) is 0 Å². The summed E-state index contributed by atoms with van der Waals surface area (Å²) < 4.78 is 0.946. The zero-order chi connectivity index (χ0) is 16.0. The van der Waals surface area contributed by atoms with Crippen molar-refractivity contribution >= 4 is 5.90 Å². The van der Waals surface area contributed by atoms with Crippen molar-refractivity contribution in [3.05, 3.63) is 0 Å². The predicted octanol–water partition coefficient (Wildman–Crippen LogP) is 3.76. The third-order valence-electron chi connectivity index (χ3n) is 3.77. The van der Waals surface area contributed by atoms with Crippen molar-refractivity contribution in [3.8, 4) is 0 Å². The molecule has 0 saturated heterocycles. The zero-order valence-corrected chi connectivity index (χ0v) is 15.0. The maximum absolute atomic E-state index is 11.6. The second kappa shape index (κ2) is 13.1. The molecule has 0 aromatic carbocycles. The molecular weight excluding hydrogens is 260 g/mol. The van der Waals surface area contributed by atoms with E-state index in [0.29, 0.717) is 13.0 Å². The van der Waals surface area contributed by atoms with Crippen LogP contribution in [-0.4, -0.2) is 44.6 Å². The second-order valence-corrected chi connectivity index (χ2v) is 7.22. The summed E-state index contributed by atoms with van der Waals surface area (Å²) in [7, 11) is 6.51. The Bertz CT molecular complexity index is 256.